The van der Waals surface area contributed by atoms with E-state index in [1.54, 1.807) is 0 Å². The minimum absolute atomic E-state index is 1.23. The Bertz CT molecular complexity index is 3110. The Morgan fingerprint density at radius 3 is 1.02 bits per heavy atom. The van der Waals surface area contributed by atoms with Crippen molar-refractivity contribution in [2.75, 3.05) is 0 Å². The molecule has 52 heavy (non-hydrogen) atoms. The highest BCUT2D eigenvalue weighted by atomic mass is 15.0. The summed E-state index contributed by atoms with van der Waals surface area (Å²) in [4.78, 5) is 0. The molecule has 0 spiro atoms. The van der Waals surface area contributed by atoms with Gasteiger partial charge in [-0.15, -0.1) is 0 Å². The number of rotatable bonds is 2. The van der Waals surface area contributed by atoms with Crippen LogP contribution in [0.4, 0.5) is 0 Å². The van der Waals surface area contributed by atoms with Crippen molar-refractivity contribution in [2.45, 2.75) is 27.7 Å². The highest BCUT2D eigenvalue weighted by Crippen LogP contribution is 2.43. The van der Waals surface area contributed by atoms with Gasteiger partial charge in [-0.25, -0.2) is 0 Å². The Morgan fingerprint density at radius 2 is 0.596 bits per heavy atom. The molecular formula is C50H36N2. The van der Waals surface area contributed by atoms with Gasteiger partial charge in [0, 0.05) is 43.7 Å². The highest BCUT2D eigenvalue weighted by Gasteiger charge is 2.22. The van der Waals surface area contributed by atoms with Crippen molar-refractivity contribution in [3.63, 3.8) is 0 Å². The van der Waals surface area contributed by atoms with Crippen LogP contribution < -0.4 is 0 Å². The number of nitrogens with zero attached hydrogens (tertiary/aromatic N) is 2. The lowest BCUT2D eigenvalue weighted by molar-refractivity contribution is 1.05. The fraction of sp³-hybridized carbons (Fsp3) is 0.0800. The second-order valence-corrected chi connectivity index (χ2v) is 14.6. The predicted octanol–water partition coefficient (Wildman–Crippen LogP) is 13.7. The standard InChI is InChI=1S/C50H36N2/c1-29-31(3)51(47-27-33-13-5-7-15-37(33)39-17-9-11-19-43(39)47)49-35(29)21-23-41-42-24-22-36-30(2)32(4)52(50(36)46(42)26-25-45(41)49)48-28-34-14-6-8-16-38(34)40-18-10-12-20-44(40)48/h5-28H,1-4H3. The summed E-state index contributed by atoms with van der Waals surface area (Å²) in [5.74, 6) is 0. The average Bonchev–Trinajstić information content (AvgIpc) is 3.61. The summed E-state index contributed by atoms with van der Waals surface area (Å²) >= 11 is 0. The molecule has 2 heteroatoms. The first-order valence-electron chi connectivity index (χ1n) is 18.3. The molecule has 2 nitrogen and oxygen atoms in total. The zero-order valence-electron chi connectivity index (χ0n) is 29.8. The number of hydrogen-bond donors (Lipinski definition) is 0. The van der Waals surface area contributed by atoms with E-state index in [4.69, 9.17) is 0 Å². The largest absolute Gasteiger partial charge is 0.312 e. The number of fused-ring (bicyclic) bond motifs is 13. The lowest BCUT2D eigenvalue weighted by atomic mass is 9.97. The van der Waals surface area contributed by atoms with Crippen LogP contribution in [-0.2, 0) is 0 Å². The molecule has 0 saturated carbocycles. The third-order valence-corrected chi connectivity index (χ3v) is 12.1. The van der Waals surface area contributed by atoms with Crippen molar-refractivity contribution in [3.8, 4) is 11.4 Å². The van der Waals surface area contributed by atoms with Gasteiger partial charge in [-0.1, -0.05) is 133 Å². The fourth-order valence-electron chi connectivity index (χ4n) is 9.38. The number of aromatic nitrogens is 2. The number of aryl methyl sites for hydroxylation is 2. The third kappa shape index (κ3) is 3.79. The monoisotopic (exact) mass is 664 g/mol. The maximum Gasteiger partial charge on any atom is 0.0612 e. The fourth-order valence-corrected chi connectivity index (χ4v) is 9.38. The molecule has 0 aliphatic carbocycles. The van der Waals surface area contributed by atoms with Crippen LogP contribution in [0.3, 0.4) is 0 Å². The predicted molar refractivity (Wildman–Crippen MR) is 224 cm³/mol. The van der Waals surface area contributed by atoms with Gasteiger partial charge in [-0.05, 0) is 94.0 Å². The van der Waals surface area contributed by atoms with E-state index in [9.17, 15) is 0 Å². The zero-order chi connectivity index (χ0) is 34.8. The molecule has 0 unspecified atom stereocenters. The van der Waals surface area contributed by atoms with Gasteiger partial charge in [0.2, 0.25) is 0 Å². The highest BCUT2D eigenvalue weighted by molar-refractivity contribution is 6.23. The van der Waals surface area contributed by atoms with E-state index in [2.05, 4.69) is 182 Å². The van der Waals surface area contributed by atoms with Crippen molar-refractivity contribution in [1.82, 2.24) is 9.13 Å². The summed E-state index contributed by atoms with van der Waals surface area (Å²) in [5.41, 5.74) is 10.2. The topological polar surface area (TPSA) is 9.86 Å². The normalized spacial score (nSPS) is 12.2. The van der Waals surface area contributed by atoms with Crippen molar-refractivity contribution in [3.05, 3.63) is 168 Å². The second kappa shape index (κ2) is 10.6. The van der Waals surface area contributed by atoms with Crippen molar-refractivity contribution in [2.24, 2.45) is 0 Å². The molecular weight excluding hydrogens is 629 g/mol. The molecule has 246 valence electrons. The van der Waals surface area contributed by atoms with Gasteiger partial charge in [-0.2, -0.15) is 0 Å². The van der Waals surface area contributed by atoms with Gasteiger partial charge < -0.3 is 9.13 Å². The zero-order valence-corrected chi connectivity index (χ0v) is 29.8. The van der Waals surface area contributed by atoms with E-state index >= 15 is 0 Å². The molecule has 0 fully saturated rings. The third-order valence-electron chi connectivity index (χ3n) is 12.1. The van der Waals surface area contributed by atoms with Crippen LogP contribution in [0.5, 0.6) is 0 Å². The van der Waals surface area contributed by atoms with Crippen LogP contribution in [0.25, 0.3) is 97.8 Å². The Morgan fingerprint density at radius 1 is 0.288 bits per heavy atom. The van der Waals surface area contributed by atoms with Gasteiger partial charge in [0.05, 0.1) is 22.4 Å². The molecule has 11 aromatic rings. The van der Waals surface area contributed by atoms with Crippen LogP contribution in [-0.4, -0.2) is 9.13 Å². The molecule has 9 aromatic carbocycles. The molecule has 2 aromatic heterocycles. The number of hydrogen-bond acceptors (Lipinski definition) is 0. The van der Waals surface area contributed by atoms with Crippen LogP contribution in [0, 0.1) is 27.7 Å². The van der Waals surface area contributed by atoms with Gasteiger partial charge >= 0.3 is 0 Å². The van der Waals surface area contributed by atoms with Crippen LogP contribution >= 0.6 is 0 Å². The summed E-state index contributed by atoms with van der Waals surface area (Å²) < 4.78 is 5.06. The van der Waals surface area contributed by atoms with Crippen LogP contribution in [0.1, 0.15) is 22.5 Å². The quantitative estimate of drug-likeness (QED) is 0.163. The van der Waals surface area contributed by atoms with Crippen LogP contribution in [0.15, 0.2) is 146 Å². The Balaban J connectivity index is 1.25. The molecule has 0 aliphatic rings. The smallest absolute Gasteiger partial charge is 0.0612 e. The van der Waals surface area contributed by atoms with Crippen molar-refractivity contribution in [1.29, 1.82) is 0 Å². The van der Waals surface area contributed by atoms with Gasteiger partial charge in [0.1, 0.15) is 0 Å². The van der Waals surface area contributed by atoms with Crippen molar-refractivity contribution < 1.29 is 0 Å². The maximum atomic E-state index is 2.53. The minimum atomic E-state index is 1.23. The van der Waals surface area contributed by atoms with E-state index in [-0.39, 0.29) is 0 Å². The molecule has 0 bridgehead atoms. The molecule has 0 N–H and O–H groups in total. The Hall–Kier alpha value is -6.38. The molecule has 0 saturated heterocycles. The molecule has 0 radical (unpaired) electrons. The molecule has 0 aliphatic heterocycles. The van der Waals surface area contributed by atoms with Gasteiger partial charge in [-0.3, -0.25) is 0 Å². The van der Waals surface area contributed by atoms with E-state index in [1.807, 2.05) is 0 Å². The maximum absolute atomic E-state index is 2.53. The minimum Gasteiger partial charge on any atom is -0.312 e. The van der Waals surface area contributed by atoms with E-state index in [0.29, 0.717) is 0 Å². The number of benzene rings is 9. The molecule has 0 atom stereocenters. The summed E-state index contributed by atoms with van der Waals surface area (Å²) in [6.07, 6.45) is 0. The first-order valence-corrected chi connectivity index (χ1v) is 18.3. The van der Waals surface area contributed by atoms with E-state index in [1.165, 1.54) is 120 Å². The summed E-state index contributed by atoms with van der Waals surface area (Å²) in [6.45, 7) is 9.12. The van der Waals surface area contributed by atoms with Gasteiger partial charge in [0.25, 0.3) is 0 Å². The van der Waals surface area contributed by atoms with Gasteiger partial charge in [0.15, 0.2) is 0 Å². The molecule has 2 heterocycles. The SMILES string of the molecule is Cc1c(C)n(-c2cc3ccccc3c3ccccc23)c2c1ccc1c3ccc4c(C)c(C)n(-c5cc6ccccc6c6ccccc56)c4c3ccc12. The lowest BCUT2D eigenvalue weighted by Crippen LogP contribution is -2.00. The summed E-state index contributed by atoms with van der Waals surface area (Å²) in [5, 5.41) is 17.9. The Kier molecular flexibility index (Phi) is 5.97. The summed E-state index contributed by atoms with van der Waals surface area (Å²) in [7, 11) is 0. The first-order chi connectivity index (χ1) is 25.5. The molecule has 11 rings (SSSR count). The van der Waals surface area contributed by atoms with Crippen molar-refractivity contribution >= 4 is 86.4 Å². The lowest BCUT2D eigenvalue weighted by Gasteiger charge is -2.17. The molecule has 0 amide bonds. The van der Waals surface area contributed by atoms with E-state index in [0.717, 1.165) is 0 Å². The second-order valence-electron chi connectivity index (χ2n) is 14.6. The Labute approximate surface area is 301 Å². The van der Waals surface area contributed by atoms with Crippen LogP contribution in [0.2, 0.25) is 0 Å². The van der Waals surface area contributed by atoms with E-state index < -0.39 is 0 Å². The summed E-state index contributed by atoms with van der Waals surface area (Å²) in [6, 6.07) is 54.3. The first kappa shape index (κ1) is 29.4. The average molecular weight is 665 g/mol.